The van der Waals surface area contributed by atoms with Gasteiger partial charge >= 0.3 is 0 Å². The molecule has 0 heterocycles. The molecule has 0 radical (unpaired) electrons. The Hall–Kier alpha value is -1.22. The molecule has 114 valence electrons. The lowest BCUT2D eigenvalue weighted by atomic mass is 10.1. The second-order valence-corrected chi connectivity index (χ2v) is 5.17. The fourth-order valence-electron chi connectivity index (χ4n) is 2.40. The fraction of sp³-hybridized carbons (Fsp3) is 0.647. The maximum absolute atomic E-state index is 5.60. The van der Waals surface area contributed by atoms with Gasteiger partial charge in [-0.05, 0) is 43.5 Å². The number of nitrogens with zero attached hydrogens (tertiary/aromatic N) is 1. The van der Waals surface area contributed by atoms with Gasteiger partial charge in [-0.2, -0.15) is 0 Å². The van der Waals surface area contributed by atoms with Crippen molar-refractivity contribution in [3.05, 3.63) is 23.8 Å². The van der Waals surface area contributed by atoms with E-state index in [1.165, 1.54) is 11.3 Å². The molecule has 0 bridgehead atoms. The Kier molecular flexibility index (Phi) is 8.12. The van der Waals surface area contributed by atoms with Crippen LogP contribution in [0.3, 0.4) is 0 Å². The first kappa shape index (κ1) is 16.8. The van der Waals surface area contributed by atoms with Crippen LogP contribution >= 0.6 is 0 Å². The molecule has 0 atom stereocenters. The van der Waals surface area contributed by atoms with Gasteiger partial charge in [0, 0.05) is 19.6 Å². The van der Waals surface area contributed by atoms with Gasteiger partial charge in [0.05, 0.1) is 12.8 Å². The Morgan fingerprint density at radius 3 is 2.30 bits per heavy atom. The van der Waals surface area contributed by atoms with Crippen LogP contribution in [0.1, 0.15) is 45.6 Å². The summed E-state index contributed by atoms with van der Waals surface area (Å²) in [6.07, 6.45) is 3.47. The Labute approximate surface area is 124 Å². The molecule has 0 saturated carbocycles. The molecule has 1 N–H and O–H groups in total. The molecule has 0 aliphatic rings. The summed E-state index contributed by atoms with van der Waals surface area (Å²) in [5.74, 6) is 0.989. The fourth-order valence-corrected chi connectivity index (χ4v) is 2.40. The van der Waals surface area contributed by atoms with Crippen molar-refractivity contribution in [1.29, 1.82) is 0 Å². The third kappa shape index (κ3) is 5.04. The standard InChI is InChI=1S/C17H30N2O/c1-5-10-18-14-15-8-9-16(17(13-15)20-4)19(11-6-2)12-7-3/h8-9,13,18H,5-7,10-12,14H2,1-4H3. The molecule has 20 heavy (non-hydrogen) atoms. The molecule has 0 aromatic heterocycles. The summed E-state index contributed by atoms with van der Waals surface area (Å²) in [5.41, 5.74) is 2.50. The summed E-state index contributed by atoms with van der Waals surface area (Å²) >= 11 is 0. The van der Waals surface area contributed by atoms with E-state index >= 15 is 0 Å². The number of anilines is 1. The van der Waals surface area contributed by atoms with Gasteiger partial charge in [-0.3, -0.25) is 0 Å². The molecule has 0 amide bonds. The summed E-state index contributed by atoms with van der Waals surface area (Å²) in [5, 5.41) is 3.43. The van der Waals surface area contributed by atoms with Gasteiger partial charge in [0.25, 0.3) is 0 Å². The van der Waals surface area contributed by atoms with E-state index in [0.29, 0.717) is 0 Å². The van der Waals surface area contributed by atoms with Gasteiger partial charge in [0.1, 0.15) is 5.75 Å². The van der Waals surface area contributed by atoms with Crippen molar-refractivity contribution in [1.82, 2.24) is 5.32 Å². The number of hydrogen-bond donors (Lipinski definition) is 1. The Morgan fingerprint density at radius 2 is 1.75 bits per heavy atom. The molecule has 0 unspecified atom stereocenters. The highest BCUT2D eigenvalue weighted by atomic mass is 16.5. The third-order valence-corrected chi connectivity index (χ3v) is 3.33. The molecular formula is C17H30N2O. The van der Waals surface area contributed by atoms with Gasteiger partial charge in [0.15, 0.2) is 0 Å². The van der Waals surface area contributed by atoms with Crippen molar-refractivity contribution in [2.24, 2.45) is 0 Å². The van der Waals surface area contributed by atoms with Crippen molar-refractivity contribution in [3.8, 4) is 5.75 Å². The first-order valence-electron chi connectivity index (χ1n) is 7.89. The maximum Gasteiger partial charge on any atom is 0.142 e. The minimum atomic E-state index is 0.909. The minimum absolute atomic E-state index is 0.909. The van der Waals surface area contributed by atoms with Crippen molar-refractivity contribution >= 4 is 5.69 Å². The average molecular weight is 278 g/mol. The Bertz CT molecular complexity index is 373. The monoisotopic (exact) mass is 278 g/mol. The van der Waals surface area contributed by atoms with Crippen LogP contribution in [0.15, 0.2) is 18.2 Å². The molecule has 0 aliphatic heterocycles. The van der Waals surface area contributed by atoms with E-state index in [2.05, 4.69) is 49.2 Å². The topological polar surface area (TPSA) is 24.5 Å². The molecule has 0 spiro atoms. The molecule has 0 saturated heterocycles. The summed E-state index contributed by atoms with van der Waals surface area (Å²) in [4.78, 5) is 2.42. The van der Waals surface area contributed by atoms with Crippen LogP contribution in [0.4, 0.5) is 5.69 Å². The number of benzene rings is 1. The lowest BCUT2D eigenvalue weighted by molar-refractivity contribution is 0.413. The van der Waals surface area contributed by atoms with Crippen molar-refractivity contribution in [2.75, 3.05) is 31.6 Å². The molecule has 0 aliphatic carbocycles. The average Bonchev–Trinajstić information content (AvgIpc) is 2.47. The number of nitrogens with one attached hydrogen (secondary N) is 1. The van der Waals surface area contributed by atoms with Gasteiger partial charge < -0.3 is 15.0 Å². The number of ether oxygens (including phenoxy) is 1. The first-order valence-corrected chi connectivity index (χ1v) is 7.89. The minimum Gasteiger partial charge on any atom is -0.495 e. The van der Waals surface area contributed by atoms with Gasteiger partial charge in [-0.25, -0.2) is 0 Å². The quantitative estimate of drug-likeness (QED) is 0.658. The normalized spacial score (nSPS) is 10.6. The molecule has 0 fully saturated rings. The predicted octanol–water partition coefficient (Wildman–Crippen LogP) is 3.82. The number of hydrogen-bond acceptors (Lipinski definition) is 3. The van der Waals surface area contributed by atoms with Crippen LogP contribution in [-0.2, 0) is 6.54 Å². The second kappa shape index (κ2) is 9.65. The van der Waals surface area contributed by atoms with Gasteiger partial charge in [-0.15, -0.1) is 0 Å². The first-order chi connectivity index (χ1) is 9.76. The molecular weight excluding hydrogens is 248 g/mol. The summed E-state index contributed by atoms with van der Waals surface area (Å²) in [7, 11) is 1.76. The lowest BCUT2D eigenvalue weighted by Crippen LogP contribution is -2.25. The SMILES string of the molecule is CCCNCc1ccc(N(CCC)CCC)c(OC)c1. The molecule has 1 aromatic rings. The predicted molar refractivity (Wildman–Crippen MR) is 87.8 cm³/mol. The molecule has 1 aromatic carbocycles. The van der Waals surface area contributed by atoms with E-state index in [-0.39, 0.29) is 0 Å². The van der Waals surface area contributed by atoms with Crippen LogP contribution in [-0.4, -0.2) is 26.7 Å². The largest absolute Gasteiger partial charge is 0.495 e. The highest BCUT2D eigenvalue weighted by Gasteiger charge is 2.11. The van der Waals surface area contributed by atoms with Crippen LogP contribution < -0.4 is 15.0 Å². The molecule has 3 nitrogen and oxygen atoms in total. The Morgan fingerprint density at radius 1 is 1.05 bits per heavy atom. The van der Waals surface area contributed by atoms with Crippen LogP contribution in [0, 0.1) is 0 Å². The number of rotatable bonds is 10. The molecule has 1 rings (SSSR count). The summed E-state index contributed by atoms with van der Waals surface area (Å²) in [6.45, 7) is 10.8. The van der Waals surface area contributed by atoms with E-state index in [1.54, 1.807) is 7.11 Å². The van der Waals surface area contributed by atoms with Crippen molar-refractivity contribution in [3.63, 3.8) is 0 Å². The number of methoxy groups -OCH3 is 1. The van der Waals surface area contributed by atoms with E-state index in [4.69, 9.17) is 4.74 Å². The molecule has 3 heteroatoms. The summed E-state index contributed by atoms with van der Waals surface area (Å²) in [6, 6.07) is 6.57. The Balaban J connectivity index is 2.84. The van der Waals surface area contributed by atoms with Crippen LogP contribution in [0.25, 0.3) is 0 Å². The second-order valence-electron chi connectivity index (χ2n) is 5.17. The van der Waals surface area contributed by atoms with Crippen LogP contribution in [0.2, 0.25) is 0 Å². The van der Waals surface area contributed by atoms with E-state index in [9.17, 15) is 0 Å². The van der Waals surface area contributed by atoms with Gasteiger partial charge in [-0.1, -0.05) is 26.8 Å². The highest BCUT2D eigenvalue weighted by molar-refractivity contribution is 5.59. The van der Waals surface area contributed by atoms with Crippen LogP contribution in [0.5, 0.6) is 5.75 Å². The lowest BCUT2D eigenvalue weighted by Gasteiger charge is -2.26. The zero-order valence-electron chi connectivity index (χ0n) is 13.5. The van der Waals surface area contributed by atoms with Gasteiger partial charge in [0.2, 0.25) is 0 Å². The zero-order chi connectivity index (χ0) is 14.8. The van der Waals surface area contributed by atoms with Crippen molar-refractivity contribution in [2.45, 2.75) is 46.6 Å². The maximum atomic E-state index is 5.60. The van der Waals surface area contributed by atoms with E-state index in [0.717, 1.165) is 51.2 Å². The van der Waals surface area contributed by atoms with Crippen molar-refractivity contribution < 1.29 is 4.74 Å². The highest BCUT2D eigenvalue weighted by Crippen LogP contribution is 2.29. The third-order valence-electron chi connectivity index (χ3n) is 3.33. The van der Waals surface area contributed by atoms with E-state index in [1.807, 2.05) is 0 Å². The smallest absolute Gasteiger partial charge is 0.142 e. The zero-order valence-corrected chi connectivity index (χ0v) is 13.5. The summed E-state index contributed by atoms with van der Waals surface area (Å²) < 4.78 is 5.60. The van der Waals surface area contributed by atoms with E-state index < -0.39 is 0 Å².